The first kappa shape index (κ1) is 12.0. The quantitative estimate of drug-likeness (QED) is 0.747. The summed E-state index contributed by atoms with van der Waals surface area (Å²) in [5, 5.41) is 4.38. The van der Waals surface area contributed by atoms with E-state index < -0.39 is 0 Å². The van der Waals surface area contributed by atoms with Gasteiger partial charge >= 0.3 is 0 Å². The lowest BCUT2D eigenvalue weighted by atomic mass is 10.1. The maximum atomic E-state index is 5.87. The molecular formula is C17H17NO. The Bertz CT molecular complexity index is 649. The number of fused-ring (bicyclic) bond motifs is 1. The van der Waals surface area contributed by atoms with Gasteiger partial charge in [0, 0.05) is 17.0 Å². The smallest absolute Gasteiger partial charge is 0.135 e. The summed E-state index contributed by atoms with van der Waals surface area (Å²) in [4.78, 5) is 0. The molecule has 1 heterocycles. The highest BCUT2D eigenvalue weighted by molar-refractivity contribution is 5.82. The molecule has 2 aromatic carbocycles. The van der Waals surface area contributed by atoms with Gasteiger partial charge in [-0.2, -0.15) is 0 Å². The second kappa shape index (κ2) is 4.90. The van der Waals surface area contributed by atoms with Crippen molar-refractivity contribution in [3.63, 3.8) is 0 Å². The number of para-hydroxylation sites is 1. The van der Waals surface area contributed by atoms with E-state index in [-0.39, 0.29) is 0 Å². The van der Waals surface area contributed by atoms with Crippen molar-refractivity contribution in [2.45, 2.75) is 13.0 Å². The summed E-state index contributed by atoms with van der Waals surface area (Å²) in [6.45, 7) is 2.15. The Kier molecular flexibility index (Phi) is 3.10. The molecule has 96 valence electrons. The van der Waals surface area contributed by atoms with Crippen molar-refractivity contribution in [2.24, 2.45) is 0 Å². The highest BCUT2D eigenvalue weighted by Gasteiger charge is 2.07. The lowest BCUT2D eigenvalue weighted by Gasteiger charge is -2.10. The van der Waals surface area contributed by atoms with Crippen molar-refractivity contribution in [1.29, 1.82) is 0 Å². The van der Waals surface area contributed by atoms with Crippen LogP contribution in [0.25, 0.3) is 22.3 Å². The topological polar surface area (TPSA) is 25.2 Å². The molecular weight excluding hydrogens is 234 g/mol. The van der Waals surface area contributed by atoms with Gasteiger partial charge in [-0.3, -0.25) is 0 Å². The molecule has 19 heavy (non-hydrogen) atoms. The van der Waals surface area contributed by atoms with Crippen LogP contribution in [0.15, 0.2) is 59.0 Å². The van der Waals surface area contributed by atoms with Gasteiger partial charge in [0.05, 0.1) is 0 Å². The normalized spacial score (nSPS) is 12.7. The Morgan fingerprint density at radius 1 is 1.00 bits per heavy atom. The average Bonchev–Trinajstić information content (AvgIpc) is 2.90. The van der Waals surface area contributed by atoms with Gasteiger partial charge in [0.2, 0.25) is 0 Å². The van der Waals surface area contributed by atoms with Gasteiger partial charge in [-0.1, -0.05) is 42.5 Å². The highest BCUT2D eigenvalue weighted by atomic mass is 16.3. The Labute approximate surface area is 113 Å². The van der Waals surface area contributed by atoms with Crippen molar-refractivity contribution < 1.29 is 4.42 Å². The van der Waals surface area contributed by atoms with Crippen molar-refractivity contribution in [2.75, 3.05) is 7.05 Å². The molecule has 0 aliphatic carbocycles. The molecule has 0 aliphatic rings. The molecule has 0 aliphatic heterocycles. The number of benzene rings is 2. The van der Waals surface area contributed by atoms with E-state index >= 15 is 0 Å². The number of hydrogen-bond donors (Lipinski definition) is 1. The summed E-state index contributed by atoms with van der Waals surface area (Å²) >= 11 is 0. The van der Waals surface area contributed by atoms with Crippen LogP contribution >= 0.6 is 0 Å². The minimum absolute atomic E-state index is 0.365. The molecule has 3 rings (SSSR count). The van der Waals surface area contributed by atoms with Gasteiger partial charge in [-0.05, 0) is 31.7 Å². The summed E-state index contributed by atoms with van der Waals surface area (Å²) in [6, 6.07) is 19.0. The zero-order valence-corrected chi connectivity index (χ0v) is 11.2. The molecule has 0 radical (unpaired) electrons. The molecule has 1 N–H and O–H groups in total. The first-order chi connectivity index (χ1) is 9.28. The maximum Gasteiger partial charge on any atom is 0.135 e. The molecule has 0 fully saturated rings. The number of nitrogens with one attached hydrogen (secondary N) is 1. The van der Waals surface area contributed by atoms with Gasteiger partial charge in [0.1, 0.15) is 11.3 Å². The first-order valence-corrected chi connectivity index (χ1v) is 6.54. The van der Waals surface area contributed by atoms with Crippen LogP contribution in [-0.4, -0.2) is 7.05 Å². The molecule has 0 saturated heterocycles. The Balaban J connectivity index is 1.97. The van der Waals surface area contributed by atoms with Crippen molar-refractivity contribution in [1.82, 2.24) is 5.32 Å². The number of rotatable bonds is 3. The Morgan fingerprint density at radius 3 is 2.42 bits per heavy atom. The predicted octanol–water partition coefficient (Wildman–Crippen LogP) is 4.38. The monoisotopic (exact) mass is 251 g/mol. The summed E-state index contributed by atoms with van der Waals surface area (Å²) in [5.41, 5.74) is 3.33. The lowest BCUT2D eigenvalue weighted by molar-refractivity contribution is 0.630. The van der Waals surface area contributed by atoms with Gasteiger partial charge in [-0.25, -0.2) is 0 Å². The fourth-order valence-electron chi connectivity index (χ4n) is 2.23. The van der Waals surface area contributed by atoms with E-state index in [1.165, 1.54) is 5.56 Å². The Hall–Kier alpha value is -2.06. The van der Waals surface area contributed by atoms with Gasteiger partial charge in [0.15, 0.2) is 0 Å². The van der Waals surface area contributed by atoms with E-state index in [2.05, 4.69) is 48.6 Å². The average molecular weight is 251 g/mol. The molecule has 0 saturated carbocycles. The van der Waals surface area contributed by atoms with E-state index in [9.17, 15) is 0 Å². The summed E-state index contributed by atoms with van der Waals surface area (Å²) < 4.78 is 5.87. The van der Waals surface area contributed by atoms with E-state index in [1.807, 2.05) is 25.2 Å². The number of furan rings is 1. The van der Waals surface area contributed by atoms with Gasteiger partial charge < -0.3 is 9.73 Å². The second-order valence-corrected chi connectivity index (χ2v) is 4.78. The molecule has 0 amide bonds. The van der Waals surface area contributed by atoms with Crippen LogP contribution < -0.4 is 5.32 Å². The zero-order chi connectivity index (χ0) is 13.2. The van der Waals surface area contributed by atoms with Crippen molar-refractivity contribution >= 4 is 11.0 Å². The molecule has 2 nitrogen and oxygen atoms in total. The van der Waals surface area contributed by atoms with Gasteiger partial charge in [0.25, 0.3) is 0 Å². The molecule has 3 aromatic rings. The van der Waals surface area contributed by atoms with E-state index in [0.717, 1.165) is 22.3 Å². The molecule has 0 bridgehead atoms. The maximum absolute atomic E-state index is 5.87. The van der Waals surface area contributed by atoms with E-state index in [1.54, 1.807) is 0 Å². The largest absolute Gasteiger partial charge is 0.456 e. The molecule has 1 unspecified atom stereocenters. The van der Waals surface area contributed by atoms with Crippen LogP contribution in [0, 0.1) is 0 Å². The highest BCUT2D eigenvalue weighted by Crippen LogP contribution is 2.28. The van der Waals surface area contributed by atoms with Gasteiger partial charge in [-0.15, -0.1) is 0 Å². The van der Waals surface area contributed by atoms with E-state index in [4.69, 9.17) is 4.42 Å². The number of hydrogen-bond acceptors (Lipinski definition) is 2. The third-order valence-electron chi connectivity index (χ3n) is 3.55. The third kappa shape index (κ3) is 2.27. The summed E-state index contributed by atoms with van der Waals surface area (Å²) in [6.07, 6.45) is 0. The minimum atomic E-state index is 0.365. The lowest BCUT2D eigenvalue weighted by Crippen LogP contribution is -2.11. The molecule has 1 aromatic heterocycles. The Morgan fingerprint density at radius 2 is 1.74 bits per heavy atom. The first-order valence-electron chi connectivity index (χ1n) is 6.54. The van der Waals surface area contributed by atoms with Crippen LogP contribution in [0.1, 0.15) is 18.5 Å². The van der Waals surface area contributed by atoms with Crippen molar-refractivity contribution in [3.8, 4) is 11.3 Å². The predicted molar refractivity (Wildman–Crippen MR) is 79.1 cm³/mol. The fourth-order valence-corrected chi connectivity index (χ4v) is 2.23. The van der Waals surface area contributed by atoms with Crippen LogP contribution in [0.3, 0.4) is 0 Å². The summed E-state index contributed by atoms with van der Waals surface area (Å²) in [5.74, 6) is 0.921. The van der Waals surface area contributed by atoms with Crippen LogP contribution in [0.2, 0.25) is 0 Å². The molecule has 1 atom stereocenters. The second-order valence-electron chi connectivity index (χ2n) is 4.78. The summed E-state index contributed by atoms with van der Waals surface area (Å²) in [7, 11) is 1.97. The van der Waals surface area contributed by atoms with E-state index in [0.29, 0.717) is 6.04 Å². The SMILES string of the molecule is CNC(C)c1ccc(-c2cc3ccccc3o2)cc1. The molecule has 0 spiro atoms. The molecule has 2 heteroatoms. The van der Waals surface area contributed by atoms with Crippen LogP contribution in [0.4, 0.5) is 0 Å². The van der Waals surface area contributed by atoms with Crippen LogP contribution in [0.5, 0.6) is 0 Å². The van der Waals surface area contributed by atoms with Crippen molar-refractivity contribution in [3.05, 3.63) is 60.2 Å². The zero-order valence-electron chi connectivity index (χ0n) is 11.2. The standard InChI is InChI=1S/C17H17NO/c1-12(18-2)13-7-9-14(10-8-13)17-11-15-5-3-4-6-16(15)19-17/h3-12,18H,1-2H3. The van der Waals surface area contributed by atoms with Crippen LogP contribution in [-0.2, 0) is 0 Å². The third-order valence-corrected chi connectivity index (χ3v) is 3.55. The minimum Gasteiger partial charge on any atom is -0.456 e. The fraction of sp³-hybridized carbons (Fsp3) is 0.176.